The monoisotopic (exact) mass is 662 g/mol. The number of fused-ring (bicyclic) bond motifs is 6. The molecule has 0 saturated carbocycles. The first-order valence-corrected chi connectivity index (χ1v) is 15.8. The lowest BCUT2D eigenvalue weighted by atomic mass is 9.92. The minimum atomic E-state index is -4.95. The largest absolute Gasteiger partial charge is 0.418 e. The standard InChI is InChI=1S/C41H28F6N2/c1-23-15-17-35-29(19-23)27-10-4-6-13-33(27)48(35)37-22-26(38-25(3)9-8-12-31(38)40(42,43)44)21-32(41(45,46)47)39(37)49-34-14-7-5-11-28(34)30-20-24(2)16-18-36(30)49/h4-22H,1-3H3. The van der Waals surface area contributed by atoms with Gasteiger partial charge in [0.25, 0.3) is 0 Å². The lowest BCUT2D eigenvalue weighted by Gasteiger charge is -2.24. The van der Waals surface area contributed by atoms with E-state index in [-0.39, 0.29) is 28.1 Å². The fraction of sp³-hybridized carbons (Fsp3) is 0.122. The normalized spacial score (nSPS) is 12.6. The SMILES string of the molecule is Cc1ccc2c(c1)c1ccccc1n2-c1cc(-c2c(C)cccc2C(F)(F)F)cc(C(F)(F)F)c1-n1c2ccccc2c2cc(C)ccc21. The van der Waals surface area contributed by atoms with Gasteiger partial charge >= 0.3 is 12.4 Å². The lowest BCUT2D eigenvalue weighted by molar-refractivity contribution is -0.137. The van der Waals surface area contributed by atoms with Gasteiger partial charge in [0.2, 0.25) is 0 Å². The molecule has 2 heterocycles. The molecule has 244 valence electrons. The van der Waals surface area contributed by atoms with Crippen LogP contribution in [0.4, 0.5) is 26.3 Å². The maximum Gasteiger partial charge on any atom is 0.418 e. The van der Waals surface area contributed by atoms with Crippen LogP contribution in [0, 0.1) is 20.8 Å². The molecule has 8 aromatic rings. The Morgan fingerprint density at radius 3 is 1.53 bits per heavy atom. The van der Waals surface area contributed by atoms with E-state index >= 15 is 13.2 Å². The summed E-state index contributed by atoms with van der Waals surface area (Å²) in [7, 11) is 0. The van der Waals surface area contributed by atoms with Crippen LogP contribution >= 0.6 is 0 Å². The second kappa shape index (κ2) is 10.8. The van der Waals surface area contributed by atoms with Gasteiger partial charge in [-0.3, -0.25) is 0 Å². The van der Waals surface area contributed by atoms with Gasteiger partial charge in [0.1, 0.15) is 0 Å². The third-order valence-corrected chi connectivity index (χ3v) is 9.38. The highest BCUT2D eigenvalue weighted by Gasteiger charge is 2.39. The highest BCUT2D eigenvalue weighted by molar-refractivity contribution is 6.12. The van der Waals surface area contributed by atoms with Gasteiger partial charge in [0.15, 0.2) is 0 Å². The van der Waals surface area contributed by atoms with Crippen LogP contribution in [0.5, 0.6) is 0 Å². The smallest absolute Gasteiger partial charge is 0.307 e. The summed E-state index contributed by atoms with van der Waals surface area (Å²) in [6.07, 6.45) is -9.74. The number of aromatic nitrogens is 2. The molecular formula is C41H28F6N2. The van der Waals surface area contributed by atoms with E-state index in [1.54, 1.807) is 27.3 Å². The average Bonchev–Trinajstić information content (AvgIpc) is 3.55. The maximum atomic E-state index is 15.7. The Kier molecular flexibility index (Phi) is 6.76. The van der Waals surface area contributed by atoms with Crippen molar-refractivity contribution < 1.29 is 26.3 Å². The molecule has 0 aliphatic carbocycles. The number of hydrogen-bond donors (Lipinski definition) is 0. The van der Waals surface area contributed by atoms with Gasteiger partial charge in [-0.2, -0.15) is 26.3 Å². The Morgan fingerprint density at radius 2 is 0.959 bits per heavy atom. The second-order valence-corrected chi connectivity index (χ2v) is 12.6. The molecule has 0 spiro atoms. The van der Waals surface area contributed by atoms with E-state index in [1.807, 2.05) is 80.6 Å². The zero-order valence-corrected chi connectivity index (χ0v) is 26.6. The summed E-state index contributed by atoms with van der Waals surface area (Å²) in [6.45, 7) is 5.35. The van der Waals surface area contributed by atoms with Crippen molar-refractivity contribution in [3.63, 3.8) is 0 Å². The zero-order valence-electron chi connectivity index (χ0n) is 26.6. The van der Waals surface area contributed by atoms with Gasteiger partial charge < -0.3 is 9.13 Å². The van der Waals surface area contributed by atoms with Gasteiger partial charge in [-0.15, -0.1) is 0 Å². The van der Waals surface area contributed by atoms with Crippen LogP contribution in [0.2, 0.25) is 0 Å². The van der Waals surface area contributed by atoms with Gasteiger partial charge in [0.05, 0.1) is 44.6 Å². The second-order valence-electron chi connectivity index (χ2n) is 12.6. The van der Waals surface area contributed by atoms with Gasteiger partial charge in [0, 0.05) is 21.5 Å². The molecule has 49 heavy (non-hydrogen) atoms. The minimum Gasteiger partial charge on any atom is -0.307 e. The summed E-state index contributed by atoms with van der Waals surface area (Å²) in [5, 5.41) is 3.18. The van der Waals surface area contributed by atoms with E-state index in [9.17, 15) is 13.2 Å². The molecule has 8 rings (SSSR count). The fourth-order valence-corrected chi connectivity index (χ4v) is 7.35. The average molecular weight is 663 g/mol. The van der Waals surface area contributed by atoms with E-state index < -0.39 is 23.5 Å². The fourth-order valence-electron chi connectivity index (χ4n) is 7.35. The van der Waals surface area contributed by atoms with E-state index in [0.29, 0.717) is 22.1 Å². The topological polar surface area (TPSA) is 9.86 Å². The summed E-state index contributed by atoms with van der Waals surface area (Å²) in [4.78, 5) is 0. The minimum absolute atomic E-state index is 0.111. The van der Waals surface area contributed by atoms with Gasteiger partial charge in [-0.1, -0.05) is 71.8 Å². The highest BCUT2D eigenvalue weighted by Crippen LogP contribution is 2.48. The number of aryl methyl sites for hydroxylation is 3. The molecule has 0 aliphatic rings. The Bertz CT molecular complexity index is 2620. The lowest BCUT2D eigenvalue weighted by Crippen LogP contribution is -2.16. The molecule has 0 unspecified atom stereocenters. The number of halogens is 6. The Morgan fingerprint density at radius 1 is 0.449 bits per heavy atom. The van der Waals surface area contributed by atoms with Crippen molar-refractivity contribution in [2.24, 2.45) is 0 Å². The van der Waals surface area contributed by atoms with Crippen molar-refractivity contribution in [1.82, 2.24) is 9.13 Å². The molecule has 0 amide bonds. The number of alkyl halides is 6. The number of nitrogens with zero attached hydrogens (tertiary/aromatic N) is 2. The molecule has 6 aromatic carbocycles. The van der Waals surface area contributed by atoms with Crippen molar-refractivity contribution in [3.05, 3.63) is 143 Å². The predicted octanol–water partition coefficient (Wildman–Crippen LogP) is 12.5. The number of rotatable bonds is 3. The molecule has 8 heteroatoms. The summed E-state index contributed by atoms with van der Waals surface area (Å²) in [5.74, 6) is 0. The molecular weight excluding hydrogens is 634 g/mol. The van der Waals surface area contributed by atoms with Gasteiger partial charge in [-0.05, 0) is 92.1 Å². The molecule has 0 bridgehead atoms. The first-order chi connectivity index (χ1) is 23.3. The first kappa shape index (κ1) is 30.8. The van der Waals surface area contributed by atoms with Crippen LogP contribution in [0.3, 0.4) is 0 Å². The molecule has 0 fully saturated rings. The molecule has 0 radical (unpaired) electrons. The van der Waals surface area contributed by atoms with E-state index in [4.69, 9.17) is 0 Å². The third-order valence-electron chi connectivity index (χ3n) is 9.38. The summed E-state index contributed by atoms with van der Waals surface area (Å²) < 4.78 is 94.0. The van der Waals surface area contributed by atoms with Crippen molar-refractivity contribution >= 4 is 43.6 Å². The van der Waals surface area contributed by atoms with Crippen molar-refractivity contribution in [1.29, 1.82) is 0 Å². The molecule has 2 nitrogen and oxygen atoms in total. The highest BCUT2D eigenvalue weighted by atomic mass is 19.4. The van der Waals surface area contributed by atoms with Crippen LogP contribution in [0.25, 0.3) is 66.1 Å². The van der Waals surface area contributed by atoms with Crippen molar-refractivity contribution in [3.8, 4) is 22.5 Å². The molecule has 0 saturated heterocycles. The molecule has 0 aliphatic heterocycles. The van der Waals surface area contributed by atoms with Gasteiger partial charge in [-0.25, -0.2) is 0 Å². The Hall–Kier alpha value is -5.50. The Balaban J connectivity index is 1.64. The van der Waals surface area contributed by atoms with Crippen LogP contribution in [0.15, 0.2) is 115 Å². The molecule has 2 aromatic heterocycles. The third kappa shape index (κ3) is 4.80. The quantitative estimate of drug-likeness (QED) is 0.167. The number of para-hydroxylation sites is 2. The van der Waals surface area contributed by atoms with Crippen LogP contribution in [0.1, 0.15) is 27.8 Å². The number of benzene rings is 6. The van der Waals surface area contributed by atoms with Crippen LogP contribution in [-0.2, 0) is 12.4 Å². The first-order valence-electron chi connectivity index (χ1n) is 15.8. The van der Waals surface area contributed by atoms with E-state index in [2.05, 4.69) is 0 Å². The number of hydrogen-bond acceptors (Lipinski definition) is 0. The van der Waals surface area contributed by atoms with Crippen LogP contribution < -0.4 is 0 Å². The maximum absolute atomic E-state index is 15.7. The zero-order chi connectivity index (χ0) is 34.4. The van der Waals surface area contributed by atoms with Crippen molar-refractivity contribution in [2.75, 3.05) is 0 Å². The van der Waals surface area contributed by atoms with Crippen molar-refractivity contribution in [2.45, 2.75) is 33.1 Å². The van der Waals surface area contributed by atoms with E-state index in [1.165, 1.54) is 25.1 Å². The summed E-state index contributed by atoms with van der Waals surface area (Å²) in [6, 6.07) is 32.1. The predicted molar refractivity (Wildman–Crippen MR) is 185 cm³/mol. The van der Waals surface area contributed by atoms with Crippen LogP contribution in [-0.4, -0.2) is 9.13 Å². The van der Waals surface area contributed by atoms with E-state index in [0.717, 1.165) is 44.8 Å². The summed E-state index contributed by atoms with van der Waals surface area (Å²) in [5.41, 5.74) is 1.93. The molecule has 0 N–H and O–H groups in total. The molecule has 0 atom stereocenters. The Labute approximate surface area is 277 Å². The summed E-state index contributed by atoms with van der Waals surface area (Å²) >= 11 is 0.